The second-order valence-electron chi connectivity index (χ2n) is 7.63. The molecule has 0 bridgehead atoms. The number of hydrogen-bond acceptors (Lipinski definition) is 4. The first kappa shape index (κ1) is 23.9. The average molecular weight is 484 g/mol. The molecule has 3 rings (SSSR count). The molecule has 1 fully saturated rings. The molecule has 168 valence electrons. The first-order chi connectivity index (χ1) is 14.8. The van der Waals surface area contributed by atoms with Gasteiger partial charge in [-0.05, 0) is 43.5 Å². The third-order valence-electron chi connectivity index (χ3n) is 5.51. The molecule has 1 aliphatic heterocycles. The minimum absolute atomic E-state index is 0.0183. The Morgan fingerprint density at radius 2 is 1.68 bits per heavy atom. The van der Waals surface area contributed by atoms with Gasteiger partial charge in [-0.3, -0.25) is 4.79 Å². The van der Waals surface area contributed by atoms with Crippen molar-refractivity contribution in [2.24, 2.45) is 5.92 Å². The van der Waals surface area contributed by atoms with Gasteiger partial charge in [0.2, 0.25) is 15.9 Å². The van der Waals surface area contributed by atoms with Crippen LogP contribution in [-0.2, 0) is 14.8 Å². The van der Waals surface area contributed by atoms with E-state index in [-0.39, 0.29) is 39.9 Å². The summed E-state index contributed by atoms with van der Waals surface area (Å²) in [5.41, 5.74) is 1.14. The van der Waals surface area contributed by atoms with Crippen molar-refractivity contribution in [2.75, 3.05) is 38.1 Å². The summed E-state index contributed by atoms with van der Waals surface area (Å²) < 4.78 is 27.3. The van der Waals surface area contributed by atoms with Crippen LogP contribution in [0.3, 0.4) is 0 Å². The predicted molar refractivity (Wildman–Crippen MR) is 125 cm³/mol. The molecule has 1 amide bonds. The Morgan fingerprint density at radius 3 is 2.29 bits per heavy atom. The zero-order valence-electron chi connectivity index (χ0n) is 17.4. The van der Waals surface area contributed by atoms with E-state index in [0.29, 0.717) is 19.4 Å². The molecule has 6 nitrogen and oxygen atoms in total. The number of para-hydroxylation sites is 1. The van der Waals surface area contributed by atoms with Gasteiger partial charge in [0.05, 0.1) is 10.0 Å². The molecule has 1 saturated heterocycles. The molecule has 0 aliphatic carbocycles. The number of carbonyl (C=O) groups excluding carboxylic acids is 1. The highest BCUT2D eigenvalue weighted by Gasteiger charge is 2.34. The molecule has 0 saturated carbocycles. The van der Waals surface area contributed by atoms with Gasteiger partial charge >= 0.3 is 0 Å². The van der Waals surface area contributed by atoms with E-state index in [9.17, 15) is 13.2 Å². The molecule has 1 heterocycles. The summed E-state index contributed by atoms with van der Waals surface area (Å²) in [5, 5.41) is 3.20. The van der Waals surface area contributed by atoms with Gasteiger partial charge in [0.25, 0.3) is 0 Å². The topological polar surface area (TPSA) is 69.7 Å². The SMILES string of the molecule is CN(CCCNC(=O)C1CCN(S(=O)(=O)c2c(Cl)cccc2Cl)CC1)c1ccccc1. The summed E-state index contributed by atoms with van der Waals surface area (Å²) in [7, 11) is -1.77. The van der Waals surface area contributed by atoms with Crippen LogP contribution in [0.2, 0.25) is 10.0 Å². The van der Waals surface area contributed by atoms with Crippen LogP contribution < -0.4 is 10.2 Å². The fraction of sp³-hybridized carbons (Fsp3) is 0.409. The van der Waals surface area contributed by atoms with E-state index in [4.69, 9.17) is 23.2 Å². The summed E-state index contributed by atoms with van der Waals surface area (Å²) in [4.78, 5) is 14.6. The first-order valence-electron chi connectivity index (χ1n) is 10.3. The van der Waals surface area contributed by atoms with Gasteiger partial charge in [0.15, 0.2) is 0 Å². The van der Waals surface area contributed by atoms with Crippen LogP contribution in [0, 0.1) is 5.92 Å². The van der Waals surface area contributed by atoms with E-state index in [0.717, 1.165) is 18.7 Å². The Hall–Kier alpha value is -1.80. The molecule has 0 spiro atoms. The number of anilines is 1. The second kappa shape index (κ2) is 10.7. The van der Waals surface area contributed by atoms with E-state index >= 15 is 0 Å². The highest BCUT2D eigenvalue weighted by Crippen LogP contribution is 2.33. The molecule has 31 heavy (non-hydrogen) atoms. The number of benzene rings is 2. The van der Waals surface area contributed by atoms with Crippen LogP contribution in [0.1, 0.15) is 19.3 Å². The maximum atomic E-state index is 12.9. The van der Waals surface area contributed by atoms with Crippen molar-refractivity contribution in [1.82, 2.24) is 9.62 Å². The lowest BCUT2D eigenvalue weighted by Gasteiger charge is -2.31. The van der Waals surface area contributed by atoms with Crippen LogP contribution in [0.5, 0.6) is 0 Å². The molecule has 0 radical (unpaired) electrons. The number of piperidine rings is 1. The van der Waals surface area contributed by atoms with Crippen LogP contribution in [-0.4, -0.2) is 51.9 Å². The Bertz CT molecular complexity index is 974. The van der Waals surface area contributed by atoms with Crippen molar-refractivity contribution >= 4 is 44.8 Å². The lowest BCUT2D eigenvalue weighted by Crippen LogP contribution is -2.43. The summed E-state index contributed by atoms with van der Waals surface area (Å²) in [5.74, 6) is -0.213. The Labute approximate surface area is 194 Å². The van der Waals surface area contributed by atoms with Gasteiger partial charge < -0.3 is 10.2 Å². The molecule has 0 atom stereocenters. The zero-order valence-corrected chi connectivity index (χ0v) is 19.8. The molecule has 1 aliphatic rings. The maximum Gasteiger partial charge on any atom is 0.246 e. The van der Waals surface area contributed by atoms with E-state index in [2.05, 4.69) is 22.3 Å². The van der Waals surface area contributed by atoms with Crippen molar-refractivity contribution < 1.29 is 13.2 Å². The van der Waals surface area contributed by atoms with Crippen molar-refractivity contribution in [3.63, 3.8) is 0 Å². The number of nitrogens with one attached hydrogen (secondary N) is 1. The number of carbonyl (C=O) groups is 1. The zero-order chi connectivity index (χ0) is 22.4. The number of amides is 1. The van der Waals surface area contributed by atoms with E-state index < -0.39 is 10.0 Å². The third-order valence-corrected chi connectivity index (χ3v) is 8.36. The number of nitrogens with zero attached hydrogens (tertiary/aromatic N) is 2. The molecular weight excluding hydrogens is 457 g/mol. The number of hydrogen-bond donors (Lipinski definition) is 1. The van der Waals surface area contributed by atoms with E-state index in [1.54, 1.807) is 6.07 Å². The molecule has 2 aromatic rings. The second-order valence-corrected chi connectivity index (χ2v) is 10.3. The van der Waals surface area contributed by atoms with Crippen LogP contribution in [0.25, 0.3) is 0 Å². The van der Waals surface area contributed by atoms with Crippen molar-refractivity contribution in [2.45, 2.75) is 24.2 Å². The first-order valence-corrected chi connectivity index (χ1v) is 12.5. The molecule has 0 unspecified atom stereocenters. The lowest BCUT2D eigenvalue weighted by molar-refractivity contribution is -0.126. The quantitative estimate of drug-likeness (QED) is 0.575. The fourth-order valence-electron chi connectivity index (χ4n) is 3.70. The predicted octanol–water partition coefficient (Wildman–Crippen LogP) is 4.04. The van der Waals surface area contributed by atoms with Crippen LogP contribution in [0.4, 0.5) is 5.69 Å². The van der Waals surface area contributed by atoms with Crippen molar-refractivity contribution in [3.8, 4) is 0 Å². The minimum atomic E-state index is -3.80. The Morgan fingerprint density at radius 1 is 1.06 bits per heavy atom. The minimum Gasteiger partial charge on any atom is -0.375 e. The average Bonchev–Trinajstić information content (AvgIpc) is 2.77. The van der Waals surface area contributed by atoms with Crippen LogP contribution in [0.15, 0.2) is 53.4 Å². The van der Waals surface area contributed by atoms with Gasteiger partial charge in [-0.1, -0.05) is 47.5 Å². The van der Waals surface area contributed by atoms with Gasteiger partial charge in [0.1, 0.15) is 4.90 Å². The summed E-state index contributed by atoms with van der Waals surface area (Å²) in [6.07, 6.45) is 1.77. The van der Waals surface area contributed by atoms with Crippen molar-refractivity contribution in [1.29, 1.82) is 0 Å². The smallest absolute Gasteiger partial charge is 0.246 e. The number of rotatable bonds is 8. The van der Waals surface area contributed by atoms with Crippen LogP contribution >= 0.6 is 23.2 Å². The van der Waals surface area contributed by atoms with E-state index in [1.807, 2.05) is 25.2 Å². The largest absolute Gasteiger partial charge is 0.375 e. The normalized spacial score (nSPS) is 15.6. The van der Waals surface area contributed by atoms with Gasteiger partial charge in [-0.2, -0.15) is 4.31 Å². The van der Waals surface area contributed by atoms with Gasteiger partial charge in [-0.15, -0.1) is 0 Å². The summed E-state index contributed by atoms with van der Waals surface area (Å²) in [6.45, 7) is 1.95. The highest BCUT2D eigenvalue weighted by atomic mass is 35.5. The van der Waals surface area contributed by atoms with Gasteiger partial charge in [0, 0.05) is 44.8 Å². The highest BCUT2D eigenvalue weighted by molar-refractivity contribution is 7.89. The fourth-order valence-corrected chi connectivity index (χ4v) is 6.26. The summed E-state index contributed by atoms with van der Waals surface area (Å²) >= 11 is 12.2. The lowest BCUT2D eigenvalue weighted by atomic mass is 9.97. The molecule has 9 heteroatoms. The third kappa shape index (κ3) is 5.92. The Kier molecular flexibility index (Phi) is 8.22. The molecule has 0 aromatic heterocycles. The van der Waals surface area contributed by atoms with Crippen molar-refractivity contribution in [3.05, 3.63) is 58.6 Å². The Balaban J connectivity index is 1.45. The summed E-state index contributed by atoms with van der Waals surface area (Å²) in [6, 6.07) is 14.7. The molecule has 1 N–H and O–H groups in total. The van der Waals surface area contributed by atoms with Gasteiger partial charge in [-0.25, -0.2) is 8.42 Å². The van der Waals surface area contributed by atoms with E-state index in [1.165, 1.54) is 16.4 Å². The standard InChI is InChI=1S/C22H27Cl2N3O3S/c1-26(18-7-3-2-4-8-18)14-6-13-25-22(28)17-11-15-27(16-12-17)31(29,30)21-19(23)9-5-10-20(21)24/h2-5,7-10,17H,6,11-16H2,1H3,(H,25,28). The number of halogens is 2. The monoisotopic (exact) mass is 483 g/mol. The molecule has 2 aromatic carbocycles. The molecular formula is C22H27Cl2N3O3S. The number of sulfonamides is 1. The maximum absolute atomic E-state index is 12.9.